The number of nitrogens with one attached hydrogen (secondary N) is 1. The van der Waals surface area contributed by atoms with Gasteiger partial charge in [0.25, 0.3) is 0 Å². The Morgan fingerprint density at radius 3 is 2.35 bits per heavy atom. The van der Waals surface area contributed by atoms with Crippen molar-refractivity contribution in [1.29, 1.82) is 0 Å². The van der Waals surface area contributed by atoms with Crippen molar-refractivity contribution in [3.05, 3.63) is 65.7 Å². The van der Waals surface area contributed by atoms with Crippen molar-refractivity contribution in [1.82, 2.24) is 14.5 Å². The van der Waals surface area contributed by atoms with Gasteiger partial charge in [-0.1, -0.05) is 63.2 Å². The van der Waals surface area contributed by atoms with Gasteiger partial charge in [0.05, 0.1) is 17.6 Å². The van der Waals surface area contributed by atoms with Crippen LogP contribution >= 0.6 is 0 Å². The van der Waals surface area contributed by atoms with Gasteiger partial charge in [0.15, 0.2) is 0 Å². The van der Waals surface area contributed by atoms with E-state index < -0.39 is 10.0 Å². The molecule has 0 aliphatic carbocycles. The molecule has 2 aliphatic rings. The second kappa shape index (κ2) is 10.9. The first-order valence-corrected chi connectivity index (χ1v) is 13.9. The number of ether oxygens (including phenoxy) is 1. The van der Waals surface area contributed by atoms with Gasteiger partial charge in [0.2, 0.25) is 10.0 Å². The van der Waals surface area contributed by atoms with Gasteiger partial charge < -0.3 is 10.1 Å². The lowest BCUT2D eigenvalue weighted by Gasteiger charge is -2.39. The Hall–Kier alpha value is -1.77. The van der Waals surface area contributed by atoms with E-state index in [0.717, 1.165) is 51.1 Å². The molecule has 1 unspecified atom stereocenters. The zero-order chi connectivity index (χ0) is 24.2. The van der Waals surface area contributed by atoms with Crippen LogP contribution in [-0.4, -0.2) is 69.1 Å². The number of piperidine rings is 1. The number of benzene rings is 2. The van der Waals surface area contributed by atoms with E-state index in [2.05, 4.69) is 55.3 Å². The molecule has 1 N–H and O–H groups in total. The van der Waals surface area contributed by atoms with Crippen molar-refractivity contribution >= 4 is 10.0 Å². The summed E-state index contributed by atoms with van der Waals surface area (Å²) in [5.74, 6) is 0. The van der Waals surface area contributed by atoms with Gasteiger partial charge in [-0.15, -0.1) is 0 Å². The molecule has 0 amide bonds. The van der Waals surface area contributed by atoms with Gasteiger partial charge in [0, 0.05) is 32.2 Å². The highest BCUT2D eigenvalue weighted by molar-refractivity contribution is 7.89. The topological polar surface area (TPSA) is 61.9 Å². The van der Waals surface area contributed by atoms with Crippen LogP contribution in [0.4, 0.5) is 0 Å². The van der Waals surface area contributed by atoms with Crippen molar-refractivity contribution in [2.24, 2.45) is 0 Å². The summed E-state index contributed by atoms with van der Waals surface area (Å²) in [6.07, 6.45) is 1.50. The van der Waals surface area contributed by atoms with E-state index in [0.29, 0.717) is 18.0 Å². The molecule has 0 radical (unpaired) electrons. The maximum atomic E-state index is 13.9. The first-order valence-electron chi connectivity index (χ1n) is 12.4. The summed E-state index contributed by atoms with van der Waals surface area (Å²) in [4.78, 5) is 2.74. The fourth-order valence-electron chi connectivity index (χ4n) is 4.88. The average molecular weight is 486 g/mol. The second-order valence-electron chi connectivity index (χ2n) is 10.5. The summed E-state index contributed by atoms with van der Waals surface area (Å²) in [7, 11) is -3.63. The molecule has 2 aromatic rings. The molecule has 4 rings (SSSR count). The highest BCUT2D eigenvalue weighted by atomic mass is 32.2. The maximum Gasteiger partial charge on any atom is 0.243 e. The summed E-state index contributed by atoms with van der Waals surface area (Å²) in [5, 5.41) is 3.36. The number of rotatable bonds is 7. The number of hydrogen-bond acceptors (Lipinski definition) is 5. The molecular weight excluding hydrogens is 446 g/mol. The van der Waals surface area contributed by atoms with Gasteiger partial charge in [-0.2, -0.15) is 4.31 Å². The van der Waals surface area contributed by atoms with Crippen molar-refractivity contribution < 1.29 is 13.2 Å². The summed E-state index contributed by atoms with van der Waals surface area (Å²) in [6.45, 7) is 11.6. The van der Waals surface area contributed by atoms with Crippen molar-refractivity contribution in [3.8, 4) is 0 Å². The zero-order valence-electron chi connectivity index (χ0n) is 20.7. The Labute approximate surface area is 205 Å². The summed E-state index contributed by atoms with van der Waals surface area (Å²) in [6, 6.07) is 17.9. The summed E-state index contributed by atoms with van der Waals surface area (Å²) < 4.78 is 35.6. The lowest BCUT2D eigenvalue weighted by molar-refractivity contribution is -0.0413. The first-order chi connectivity index (χ1) is 16.2. The van der Waals surface area contributed by atoms with E-state index in [-0.39, 0.29) is 17.6 Å². The Morgan fingerprint density at radius 1 is 1.03 bits per heavy atom. The van der Waals surface area contributed by atoms with Gasteiger partial charge in [-0.25, -0.2) is 8.42 Å². The molecule has 2 aliphatic heterocycles. The standard InChI is InChI=1S/C27H39N3O3S/c1-27(2,3)23-9-11-26(12-10-23)34(31,32)30(24-13-15-28-16-14-24)21-25-20-29(17-18-33-25)19-22-7-5-4-6-8-22/h4-12,24-25,28H,13-21H2,1-3H3. The minimum Gasteiger partial charge on any atom is -0.374 e. The van der Waals surface area contributed by atoms with Crippen LogP contribution in [0, 0.1) is 0 Å². The van der Waals surface area contributed by atoms with Gasteiger partial charge in [-0.3, -0.25) is 4.90 Å². The lowest BCUT2D eigenvalue weighted by atomic mass is 9.87. The first kappa shape index (κ1) is 25.3. The fourth-order valence-corrected chi connectivity index (χ4v) is 6.59. The van der Waals surface area contributed by atoms with Crippen LogP contribution in [0.25, 0.3) is 0 Å². The van der Waals surface area contributed by atoms with Crippen LogP contribution in [0.1, 0.15) is 44.7 Å². The van der Waals surface area contributed by atoms with Crippen LogP contribution in [-0.2, 0) is 26.7 Å². The highest BCUT2D eigenvalue weighted by Crippen LogP contribution is 2.27. The molecule has 1 atom stereocenters. The molecule has 186 valence electrons. The molecule has 0 aromatic heterocycles. The van der Waals surface area contributed by atoms with Crippen LogP contribution in [0.15, 0.2) is 59.5 Å². The summed E-state index contributed by atoms with van der Waals surface area (Å²) >= 11 is 0. The molecule has 7 heteroatoms. The van der Waals surface area contributed by atoms with Gasteiger partial charge >= 0.3 is 0 Å². The number of hydrogen-bond donors (Lipinski definition) is 1. The number of nitrogens with zero attached hydrogens (tertiary/aromatic N) is 2. The lowest BCUT2D eigenvalue weighted by Crippen LogP contribution is -2.53. The third kappa shape index (κ3) is 6.26. The van der Waals surface area contributed by atoms with Gasteiger partial charge in [-0.05, 0) is 54.6 Å². The minimum absolute atomic E-state index is 0.0124. The molecule has 2 aromatic carbocycles. The molecule has 2 saturated heterocycles. The zero-order valence-corrected chi connectivity index (χ0v) is 21.6. The van der Waals surface area contributed by atoms with E-state index >= 15 is 0 Å². The molecule has 2 heterocycles. The monoisotopic (exact) mass is 485 g/mol. The number of sulfonamides is 1. The molecule has 6 nitrogen and oxygen atoms in total. The molecular formula is C27H39N3O3S. The van der Waals surface area contributed by atoms with Crippen molar-refractivity contribution in [3.63, 3.8) is 0 Å². The third-order valence-corrected chi connectivity index (χ3v) is 8.83. The van der Waals surface area contributed by atoms with Crippen LogP contribution < -0.4 is 5.32 Å². The largest absolute Gasteiger partial charge is 0.374 e. The Morgan fingerprint density at radius 2 is 1.71 bits per heavy atom. The minimum atomic E-state index is -3.63. The Kier molecular flexibility index (Phi) is 8.10. The molecule has 0 spiro atoms. The van der Waals surface area contributed by atoms with Gasteiger partial charge in [0.1, 0.15) is 0 Å². The van der Waals surface area contributed by atoms with Crippen molar-refractivity contribution in [2.45, 2.75) is 62.6 Å². The Balaban J connectivity index is 1.52. The van der Waals surface area contributed by atoms with E-state index in [1.54, 1.807) is 16.4 Å². The van der Waals surface area contributed by atoms with E-state index in [1.807, 2.05) is 18.2 Å². The normalized spacial score (nSPS) is 21.1. The SMILES string of the molecule is CC(C)(C)c1ccc(S(=O)(=O)N(CC2CN(Cc3ccccc3)CCO2)C2CCNCC2)cc1. The van der Waals surface area contributed by atoms with E-state index in [9.17, 15) is 8.42 Å². The predicted octanol–water partition coefficient (Wildman–Crippen LogP) is 3.63. The summed E-state index contributed by atoms with van der Waals surface area (Å²) in [5.41, 5.74) is 2.38. The van der Waals surface area contributed by atoms with Crippen molar-refractivity contribution in [2.75, 3.05) is 39.3 Å². The average Bonchev–Trinajstić information content (AvgIpc) is 2.83. The predicted molar refractivity (Wildman–Crippen MR) is 136 cm³/mol. The van der Waals surface area contributed by atoms with E-state index in [4.69, 9.17) is 4.74 Å². The van der Waals surface area contributed by atoms with E-state index in [1.165, 1.54) is 5.56 Å². The van der Waals surface area contributed by atoms with Crippen LogP contribution in [0.5, 0.6) is 0 Å². The quantitative estimate of drug-likeness (QED) is 0.649. The highest BCUT2D eigenvalue weighted by Gasteiger charge is 2.36. The number of morpholine rings is 1. The maximum absolute atomic E-state index is 13.9. The molecule has 0 bridgehead atoms. The smallest absolute Gasteiger partial charge is 0.243 e. The molecule has 34 heavy (non-hydrogen) atoms. The van der Waals surface area contributed by atoms with Crippen LogP contribution in [0.2, 0.25) is 0 Å². The third-order valence-electron chi connectivity index (χ3n) is 6.90. The second-order valence-corrected chi connectivity index (χ2v) is 12.4. The Bertz CT molecular complexity index is 1010. The molecule has 0 saturated carbocycles. The fraction of sp³-hybridized carbons (Fsp3) is 0.556. The van der Waals surface area contributed by atoms with Crippen LogP contribution in [0.3, 0.4) is 0 Å². The molecule has 2 fully saturated rings.